The number of hydrogen-bond acceptors (Lipinski definition) is 15. The van der Waals surface area contributed by atoms with Gasteiger partial charge in [0.25, 0.3) is 0 Å². The van der Waals surface area contributed by atoms with E-state index in [1.54, 1.807) is 0 Å². The van der Waals surface area contributed by atoms with Gasteiger partial charge in [-0.15, -0.1) is 0 Å². The summed E-state index contributed by atoms with van der Waals surface area (Å²) < 4.78 is 68.6. The molecule has 19 heteroatoms. The normalized spacial score (nSPS) is 14.0. The first-order valence-corrected chi connectivity index (χ1v) is 43.0. The highest BCUT2D eigenvalue weighted by Gasteiger charge is 2.30. The van der Waals surface area contributed by atoms with Gasteiger partial charge in [-0.1, -0.05) is 350 Å². The zero-order valence-electron chi connectivity index (χ0n) is 62.7. The van der Waals surface area contributed by atoms with E-state index in [1.165, 1.54) is 218 Å². The van der Waals surface area contributed by atoms with E-state index < -0.39 is 97.5 Å². The number of aliphatic hydroxyl groups is 1. The number of aliphatic hydroxyl groups excluding tert-OH is 1. The number of phosphoric ester groups is 2. The second-order valence-electron chi connectivity index (χ2n) is 28.7. The third-order valence-corrected chi connectivity index (χ3v) is 19.9. The maximum absolute atomic E-state index is 13.1. The second-order valence-corrected chi connectivity index (χ2v) is 31.6. The van der Waals surface area contributed by atoms with E-state index in [0.29, 0.717) is 25.7 Å². The van der Waals surface area contributed by atoms with Crippen LogP contribution in [0.25, 0.3) is 0 Å². The highest BCUT2D eigenvalue weighted by atomic mass is 31.2. The molecule has 3 N–H and O–H groups in total. The highest BCUT2D eigenvalue weighted by Crippen LogP contribution is 2.45. The van der Waals surface area contributed by atoms with E-state index in [4.69, 9.17) is 37.0 Å². The molecular formula is C77H150O17P2. The van der Waals surface area contributed by atoms with Crippen LogP contribution in [0.3, 0.4) is 0 Å². The van der Waals surface area contributed by atoms with Gasteiger partial charge in [0.15, 0.2) is 12.2 Å². The van der Waals surface area contributed by atoms with Gasteiger partial charge in [-0.25, -0.2) is 9.13 Å². The Labute approximate surface area is 588 Å². The van der Waals surface area contributed by atoms with Crippen molar-refractivity contribution < 1.29 is 80.2 Å². The Balaban J connectivity index is 5.26. The van der Waals surface area contributed by atoms with Crippen molar-refractivity contribution in [2.24, 2.45) is 11.8 Å². The zero-order valence-corrected chi connectivity index (χ0v) is 64.5. The third-order valence-electron chi connectivity index (χ3n) is 18.0. The predicted molar refractivity (Wildman–Crippen MR) is 391 cm³/mol. The van der Waals surface area contributed by atoms with Gasteiger partial charge in [-0.2, -0.15) is 0 Å². The molecule has 0 spiro atoms. The lowest BCUT2D eigenvalue weighted by molar-refractivity contribution is -0.161. The molecule has 17 nitrogen and oxygen atoms in total. The molecule has 0 bridgehead atoms. The van der Waals surface area contributed by atoms with E-state index >= 15 is 0 Å². The van der Waals surface area contributed by atoms with E-state index in [1.807, 2.05) is 0 Å². The van der Waals surface area contributed by atoms with Crippen LogP contribution >= 0.6 is 15.6 Å². The molecular weight excluding hydrogens is 1260 g/mol. The van der Waals surface area contributed by atoms with Crippen LogP contribution in [-0.2, 0) is 65.4 Å². The SMILES string of the molecule is CCCCCCCCCCCCCCCCCC(=O)OC[C@H](COP(=O)(O)OC[C@@H](O)COP(=O)(O)OC[C@@H](COC(=O)CCCCCCCCCCCC(C)C)OC(=O)CCCCCCCCCCCCCCC)OC(=O)CCCCCCCCCCCCCCCC(C)C. The monoisotopic (exact) mass is 1410 g/mol. The standard InChI is InChI=1S/C77H150O17P2/c1-7-9-11-13-15-17-19-21-22-26-29-35-41-47-53-59-74(79)87-65-72(93-77(82)62-56-50-44-37-31-27-23-25-28-33-39-45-51-57-69(3)4)67-91-95(83,84)89-63-71(78)64-90-96(85,86)92-68-73(66-88-75(80)60-54-48-42-38-32-34-40-46-52-58-70(5)6)94-76(81)61-55-49-43-36-30-24-20-18-16-14-12-10-8-2/h69-73,78H,7-68H2,1-6H3,(H,83,84)(H,85,86)/t71-,72-,73-/m1/s1. The number of hydrogen-bond donors (Lipinski definition) is 3. The molecule has 2 unspecified atom stereocenters. The average Bonchev–Trinajstić information content (AvgIpc) is 1.68. The number of ether oxygens (including phenoxy) is 4. The van der Waals surface area contributed by atoms with E-state index in [0.717, 1.165) is 102 Å². The molecule has 0 aliphatic carbocycles. The fourth-order valence-electron chi connectivity index (χ4n) is 11.8. The Hall–Kier alpha value is -1.94. The lowest BCUT2D eigenvalue weighted by atomic mass is 10.0. The summed E-state index contributed by atoms with van der Waals surface area (Å²) in [4.78, 5) is 72.9. The summed E-state index contributed by atoms with van der Waals surface area (Å²) in [5.74, 6) is -0.581. The van der Waals surface area contributed by atoms with Gasteiger partial charge in [0.05, 0.1) is 26.4 Å². The molecule has 5 atom stereocenters. The molecule has 0 aliphatic heterocycles. The number of carbonyl (C=O) groups excluding carboxylic acids is 4. The first-order chi connectivity index (χ1) is 46.4. The molecule has 0 saturated heterocycles. The summed E-state index contributed by atoms with van der Waals surface area (Å²) in [7, 11) is -9.91. The van der Waals surface area contributed by atoms with Crippen molar-refractivity contribution in [2.45, 2.75) is 419 Å². The lowest BCUT2D eigenvalue weighted by Crippen LogP contribution is -2.30. The quantitative estimate of drug-likeness (QED) is 0.0222. The maximum Gasteiger partial charge on any atom is 0.472 e. The fourth-order valence-corrected chi connectivity index (χ4v) is 13.4. The maximum atomic E-state index is 13.1. The third kappa shape index (κ3) is 70.5. The Bertz CT molecular complexity index is 1860. The summed E-state index contributed by atoms with van der Waals surface area (Å²) >= 11 is 0. The van der Waals surface area contributed by atoms with E-state index in [2.05, 4.69) is 41.5 Å². The molecule has 0 aromatic carbocycles. The largest absolute Gasteiger partial charge is 0.472 e. The van der Waals surface area contributed by atoms with Gasteiger partial charge in [-0.3, -0.25) is 37.3 Å². The van der Waals surface area contributed by atoms with Gasteiger partial charge < -0.3 is 33.8 Å². The number of rotatable bonds is 76. The van der Waals surface area contributed by atoms with Crippen molar-refractivity contribution in [1.82, 2.24) is 0 Å². The molecule has 0 aromatic rings. The van der Waals surface area contributed by atoms with Gasteiger partial charge in [-0.05, 0) is 37.5 Å². The summed E-state index contributed by atoms with van der Waals surface area (Å²) in [6.07, 6.45) is 56.7. The number of esters is 4. The molecule has 0 rings (SSSR count). The van der Waals surface area contributed by atoms with Crippen LogP contribution in [0.2, 0.25) is 0 Å². The van der Waals surface area contributed by atoms with Crippen molar-refractivity contribution in [1.29, 1.82) is 0 Å². The Morgan fingerprint density at radius 2 is 0.479 bits per heavy atom. The predicted octanol–water partition coefficient (Wildman–Crippen LogP) is 22.7. The molecule has 0 radical (unpaired) electrons. The molecule has 0 amide bonds. The minimum Gasteiger partial charge on any atom is -0.462 e. The van der Waals surface area contributed by atoms with Gasteiger partial charge >= 0.3 is 39.5 Å². The van der Waals surface area contributed by atoms with Crippen molar-refractivity contribution in [3.8, 4) is 0 Å². The van der Waals surface area contributed by atoms with Crippen molar-refractivity contribution in [2.75, 3.05) is 39.6 Å². The molecule has 0 fully saturated rings. The summed E-state index contributed by atoms with van der Waals surface area (Å²) in [6, 6.07) is 0. The van der Waals surface area contributed by atoms with Gasteiger partial charge in [0.2, 0.25) is 0 Å². The number of phosphoric acid groups is 2. The van der Waals surface area contributed by atoms with E-state index in [9.17, 15) is 43.2 Å². The Kier molecular flexibility index (Phi) is 67.4. The van der Waals surface area contributed by atoms with Crippen LogP contribution < -0.4 is 0 Å². The average molecular weight is 1410 g/mol. The minimum absolute atomic E-state index is 0.107. The van der Waals surface area contributed by atoms with Crippen molar-refractivity contribution >= 4 is 39.5 Å². The summed E-state index contributed by atoms with van der Waals surface area (Å²) in [5, 5.41) is 10.6. The topological polar surface area (TPSA) is 237 Å². The lowest BCUT2D eigenvalue weighted by Gasteiger charge is -2.21. The molecule has 570 valence electrons. The van der Waals surface area contributed by atoms with Crippen molar-refractivity contribution in [3.05, 3.63) is 0 Å². The van der Waals surface area contributed by atoms with Crippen LogP contribution in [0, 0.1) is 11.8 Å². The Morgan fingerprint density at radius 3 is 0.708 bits per heavy atom. The number of unbranched alkanes of at least 4 members (excludes halogenated alkanes) is 46. The summed E-state index contributed by atoms with van der Waals surface area (Å²) in [6.45, 7) is 9.61. The summed E-state index contributed by atoms with van der Waals surface area (Å²) in [5.41, 5.74) is 0. The molecule has 96 heavy (non-hydrogen) atoms. The van der Waals surface area contributed by atoms with Gasteiger partial charge in [0.1, 0.15) is 19.3 Å². The first-order valence-electron chi connectivity index (χ1n) is 40.0. The minimum atomic E-state index is -4.96. The molecule has 0 saturated carbocycles. The second kappa shape index (κ2) is 68.8. The molecule has 0 heterocycles. The smallest absolute Gasteiger partial charge is 0.462 e. The van der Waals surface area contributed by atoms with Crippen LogP contribution in [0.4, 0.5) is 0 Å². The Morgan fingerprint density at radius 1 is 0.281 bits per heavy atom. The van der Waals surface area contributed by atoms with Crippen LogP contribution in [-0.4, -0.2) is 96.7 Å². The molecule has 0 aromatic heterocycles. The fraction of sp³-hybridized carbons (Fsp3) is 0.948. The van der Waals surface area contributed by atoms with Crippen LogP contribution in [0.15, 0.2) is 0 Å². The molecule has 0 aliphatic rings. The zero-order chi connectivity index (χ0) is 70.7. The van der Waals surface area contributed by atoms with Crippen LogP contribution in [0.5, 0.6) is 0 Å². The number of carbonyl (C=O) groups is 4. The van der Waals surface area contributed by atoms with Crippen molar-refractivity contribution in [3.63, 3.8) is 0 Å². The first kappa shape index (κ1) is 94.1. The highest BCUT2D eigenvalue weighted by molar-refractivity contribution is 7.47. The van der Waals surface area contributed by atoms with Gasteiger partial charge in [0, 0.05) is 25.7 Å². The van der Waals surface area contributed by atoms with Crippen LogP contribution in [0.1, 0.15) is 401 Å². The van der Waals surface area contributed by atoms with E-state index in [-0.39, 0.29) is 25.7 Å².